The van der Waals surface area contributed by atoms with Crippen molar-refractivity contribution in [2.75, 3.05) is 67.8 Å². The summed E-state index contributed by atoms with van der Waals surface area (Å²) < 4.78 is 28.1. The Morgan fingerprint density at radius 3 is 1.65 bits per heavy atom. The molecule has 2 radical (unpaired) electrons. The molecule has 14 nitrogen and oxygen atoms in total. The van der Waals surface area contributed by atoms with Crippen molar-refractivity contribution < 1.29 is 57.5 Å². The van der Waals surface area contributed by atoms with Gasteiger partial charge in [-0.15, -0.1) is 0 Å². The van der Waals surface area contributed by atoms with Crippen LogP contribution in [0.4, 0.5) is 0 Å². The van der Waals surface area contributed by atoms with Gasteiger partial charge in [0.05, 0.1) is 19.8 Å². The topological polar surface area (TPSA) is 176 Å². The summed E-state index contributed by atoms with van der Waals surface area (Å²) in [4.78, 5) is 56.2. The van der Waals surface area contributed by atoms with E-state index >= 15 is 0 Å². The third-order valence-electron chi connectivity index (χ3n) is 4.83. The molecule has 0 bridgehead atoms. The van der Waals surface area contributed by atoms with E-state index in [0.717, 1.165) is 25.9 Å². The van der Waals surface area contributed by atoms with E-state index in [0.29, 0.717) is 25.5 Å². The van der Waals surface area contributed by atoms with Gasteiger partial charge in [-0.3, -0.25) is 9.59 Å². The van der Waals surface area contributed by atoms with Gasteiger partial charge in [-0.2, -0.15) is 0 Å². The van der Waals surface area contributed by atoms with Crippen LogP contribution < -0.4 is 5.32 Å². The van der Waals surface area contributed by atoms with Crippen molar-refractivity contribution in [3.63, 3.8) is 0 Å². The minimum Gasteiger partial charge on any atom is -0.461 e. The number of hydrogen-bond donors (Lipinski definition) is 2. The van der Waals surface area contributed by atoms with Crippen LogP contribution in [-0.4, -0.2) is 150 Å². The van der Waals surface area contributed by atoms with Crippen LogP contribution in [0.2, 0.25) is 0 Å². The predicted octanol–water partition coefficient (Wildman–Crippen LogP) is 4.54. The molecule has 48 heavy (non-hydrogen) atoms. The van der Waals surface area contributed by atoms with Crippen LogP contribution in [-0.2, 0) is 52.4 Å². The Morgan fingerprint density at radius 2 is 1.35 bits per heavy atom. The van der Waals surface area contributed by atoms with Crippen molar-refractivity contribution in [2.45, 2.75) is 124 Å². The Balaban J connectivity index is -0.0000000429. The molecular formula is C33H78N2O12Sn+2. The zero-order valence-corrected chi connectivity index (χ0v) is 27.5. The average Bonchev–Trinajstić information content (AvgIpc) is 3.26. The van der Waals surface area contributed by atoms with Crippen LogP contribution >= 0.6 is 0 Å². The van der Waals surface area contributed by atoms with E-state index in [4.69, 9.17) is 19.3 Å². The maximum Gasteiger partial charge on any atom is 2.00 e. The molecule has 1 amide bonds. The molecule has 3 unspecified atom stereocenters. The molecule has 0 saturated carbocycles. The molecule has 15 heteroatoms. The van der Waals surface area contributed by atoms with Crippen LogP contribution in [0.25, 0.3) is 0 Å². The summed E-state index contributed by atoms with van der Waals surface area (Å²) >= 11 is 0. The first-order valence-corrected chi connectivity index (χ1v) is 12.7. The van der Waals surface area contributed by atoms with Gasteiger partial charge in [0.15, 0.2) is 18.3 Å². The van der Waals surface area contributed by atoms with Crippen molar-refractivity contribution in [1.29, 1.82) is 0 Å². The first-order chi connectivity index (χ1) is 18.4. The summed E-state index contributed by atoms with van der Waals surface area (Å²) in [6, 6.07) is 0. The number of rotatable bonds is 11. The number of esters is 4. The summed E-state index contributed by atoms with van der Waals surface area (Å²) in [7, 11) is 6.71. The molecule has 2 aliphatic rings. The van der Waals surface area contributed by atoms with Gasteiger partial charge in [0.2, 0.25) is 5.91 Å². The number of likely N-dealkylation sites (tertiary alicyclic amines) is 1. The summed E-state index contributed by atoms with van der Waals surface area (Å²) in [5.41, 5.74) is 0. The molecule has 0 spiro atoms. The number of methoxy groups -OCH3 is 2. The summed E-state index contributed by atoms with van der Waals surface area (Å²) in [6.07, 6.45) is 0.421. The third-order valence-corrected chi connectivity index (χ3v) is 4.83. The summed E-state index contributed by atoms with van der Waals surface area (Å²) in [6.45, 7) is 7.20. The quantitative estimate of drug-likeness (QED) is 0.129. The minimum absolute atomic E-state index is 0. The van der Waals surface area contributed by atoms with E-state index in [1.165, 1.54) is 27.9 Å². The number of nitrogens with zero attached hydrogens (tertiary/aromatic N) is 1. The molecule has 0 aromatic carbocycles. The van der Waals surface area contributed by atoms with Crippen LogP contribution in [0.1, 0.15) is 106 Å². The van der Waals surface area contributed by atoms with Gasteiger partial charge in [0, 0.05) is 40.7 Å². The fraction of sp³-hybridized carbons (Fsp3) is 0.848. The van der Waals surface area contributed by atoms with E-state index in [9.17, 15) is 24.0 Å². The van der Waals surface area contributed by atoms with Crippen molar-refractivity contribution in [2.24, 2.45) is 0 Å². The Hall–Kier alpha value is -2.01. The van der Waals surface area contributed by atoms with Crippen LogP contribution in [0, 0.1) is 0 Å². The first-order valence-electron chi connectivity index (χ1n) is 12.7. The molecule has 2 saturated heterocycles. The second kappa shape index (κ2) is 49.4. The molecule has 294 valence electrons. The monoisotopic (exact) mass is 814 g/mol. The predicted molar refractivity (Wildman–Crippen MR) is 198 cm³/mol. The van der Waals surface area contributed by atoms with Gasteiger partial charge in [-0.25, -0.2) is 14.4 Å². The minimum atomic E-state index is -0.867. The van der Waals surface area contributed by atoms with Crippen molar-refractivity contribution >= 4 is 53.7 Å². The molecule has 2 aliphatic heterocycles. The fourth-order valence-electron chi connectivity index (χ4n) is 2.57. The summed E-state index contributed by atoms with van der Waals surface area (Å²) in [5.74, 6) is -1.61. The van der Waals surface area contributed by atoms with Gasteiger partial charge >= 0.3 is 47.8 Å². The van der Waals surface area contributed by atoms with Gasteiger partial charge in [-0.05, 0) is 47.2 Å². The molecule has 0 aromatic rings. The Morgan fingerprint density at radius 1 is 0.896 bits per heavy atom. The normalized spacial score (nSPS) is 15.1. The fourth-order valence-corrected chi connectivity index (χ4v) is 2.57. The number of ether oxygens (including phenoxy) is 6. The number of carbonyl (C=O) groups is 5. The van der Waals surface area contributed by atoms with E-state index < -0.39 is 42.2 Å². The number of aliphatic hydroxyl groups excluding tert-OH is 1. The average molecular weight is 814 g/mol. The van der Waals surface area contributed by atoms with E-state index in [1.807, 2.05) is 7.05 Å². The standard InChI is InChI=1S/C11H21NO5.C6H8O4.C5H9NO.C3H8O2.8CH4.Sn/c1-9(11(14)16-8-7-15-3)17-10(13)5-4-6-12-2;1-3-5(7)10-4(2)6(8)9-3;1-6-4-2-3-5(6)7;1-5-3-2-4;;;;;;;;;/h9,12H,4-8H2,1-3H3;3-4H,1-2H3;2-4H2,1H3;4H,2-3H2,1H3;8*1H4;/q;;;;;;;;;;;;+2. The van der Waals surface area contributed by atoms with Gasteiger partial charge < -0.3 is 43.7 Å². The first kappa shape index (κ1) is 76.0. The number of amides is 1. The number of cyclic esters (lactones) is 2. The molecule has 3 atom stereocenters. The summed E-state index contributed by atoms with van der Waals surface area (Å²) in [5, 5.41) is 10.9. The van der Waals surface area contributed by atoms with Crippen molar-refractivity contribution in [3.8, 4) is 0 Å². The van der Waals surface area contributed by atoms with E-state index in [1.54, 1.807) is 19.1 Å². The van der Waals surface area contributed by atoms with Crippen LogP contribution in [0.3, 0.4) is 0 Å². The Bertz CT molecular complexity index is 709. The molecule has 0 aromatic heterocycles. The molecule has 0 aliphatic carbocycles. The zero-order valence-electron chi connectivity index (χ0n) is 24.7. The molecule has 2 rings (SSSR count). The van der Waals surface area contributed by atoms with Gasteiger partial charge in [0.1, 0.15) is 6.61 Å². The second-order valence-corrected chi connectivity index (χ2v) is 8.29. The smallest absolute Gasteiger partial charge is 0.461 e. The zero-order chi connectivity index (χ0) is 30.2. The largest absolute Gasteiger partial charge is 2.00 e. The molecule has 2 heterocycles. The number of hydrogen-bond acceptors (Lipinski definition) is 13. The van der Waals surface area contributed by atoms with Gasteiger partial charge in [0.25, 0.3) is 0 Å². The second-order valence-electron chi connectivity index (χ2n) is 8.29. The number of nitrogens with one attached hydrogen (secondary N) is 1. The third kappa shape index (κ3) is 42.0. The maximum absolute atomic E-state index is 11.3. The Kier molecular flexibility index (Phi) is 78.2. The number of carbonyl (C=O) groups excluding carboxylic acids is 5. The van der Waals surface area contributed by atoms with Crippen molar-refractivity contribution in [3.05, 3.63) is 0 Å². The number of aliphatic hydroxyl groups is 1. The Labute approximate surface area is 312 Å². The van der Waals surface area contributed by atoms with Gasteiger partial charge in [-0.1, -0.05) is 59.4 Å². The van der Waals surface area contributed by atoms with Crippen molar-refractivity contribution in [1.82, 2.24) is 10.2 Å². The maximum atomic E-state index is 11.3. The molecule has 2 N–H and O–H groups in total. The SMILES string of the molecule is C.C.C.C.C.C.C.C.CC1OC(=O)C(C)OC1=O.CN1CCCC1=O.CNCCCC(=O)OC(C)C(=O)OCCOC.COCCO.[Sn+2]. The van der Waals surface area contributed by atoms with E-state index in [2.05, 4.69) is 19.5 Å². The molecular weight excluding hydrogens is 735 g/mol. The van der Waals surface area contributed by atoms with Crippen LogP contribution in [0.15, 0.2) is 0 Å². The molecule has 2 fully saturated rings. The van der Waals surface area contributed by atoms with E-state index in [-0.39, 0.29) is 103 Å². The van der Waals surface area contributed by atoms with Crippen LogP contribution in [0.5, 0.6) is 0 Å².